The van der Waals surface area contributed by atoms with Gasteiger partial charge in [0.25, 0.3) is 0 Å². The van der Waals surface area contributed by atoms with Gasteiger partial charge in [-0.05, 0) is 37.3 Å². The molecule has 9 nitrogen and oxygen atoms in total. The van der Waals surface area contributed by atoms with Gasteiger partial charge in [0.15, 0.2) is 6.73 Å². The van der Waals surface area contributed by atoms with Gasteiger partial charge in [0.05, 0.1) is 19.3 Å². The number of carbonyl (C=O) groups excluding carboxylic acids is 3. The predicted octanol–water partition coefficient (Wildman–Crippen LogP) is 1.85. The summed E-state index contributed by atoms with van der Waals surface area (Å²) < 4.78 is 15.5. The molecule has 0 aromatic carbocycles. The number of carbonyl (C=O) groups is 3. The number of rotatable bonds is 7. The summed E-state index contributed by atoms with van der Waals surface area (Å²) in [6.45, 7) is 9.80. The number of likely N-dealkylation sites (tertiary alicyclic amines) is 2. The van der Waals surface area contributed by atoms with Crippen LogP contribution in [0.2, 0.25) is 0 Å². The van der Waals surface area contributed by atoms with Crippen LogP contribution in [0.5, 0.6) is 0 Å². The van der Waals surface area contributed by atoms with Gasteiger partial charge in [-0.25, -0.2) is 9.69 Å². The van der Waals surface area contributed by atoms with E-state index >= 15 is 0 Å². The highest BCUT2D eigenvalue weighted by Gasteiger charge is 2.59. The molecule has 9 heteroatoms. The van der Waals surface area contributed by atoms with Crippen LogP contribution in [0.3, 0.4) is 0 Å². The van der Waals surface area contributed by atoms with Crippen molar-refractivity contribution < 1.29 is 28.6 Å². The SMILES string of the molecule is C=C/C=C1\C(=C/C)CN(C2CCC(=O)N(COC(=O)OCCN3CCOCC3)C2=O)C12CC2. The van der Waals surface area contributed by atoms with E-state index in [-0.39, 0.29) is 30.4 Å². The van der Waals surface area contributed by atoms with E-state index < -0.39 is 18.9 Å². The molecular formula is C24H33N3O6. The van der Waals surface area contributed by atoms with Crippen LogP contribution in [-0.2, 0) is 23.8 Å². The summed E-state index contributed by atoms with van der Waals surface area (Å²) in [5.74, 6) is -0.636. The highest BCUT2D eigenvalue weighted by Crippen LogP contribution is 2.56. The van der Waals surface area contributed by atoms with Gasteiger partial charge in [-0.3, -0.25) is 19.4 Å². The number of hydrogen-bond acceptors (Lipinski definition) is 8. The minimum absolute atomic E-state index is 0.151. The normalized spacial score (nSPS) is 28.0. The average Bonchev–Trinajstić information content (AvgIpc) is 3.55. The molecule has 3 aliphatic heterocycles. The molecule has 0 radical (unpaired) electrons. The number of allylic oxidation sites excluding steroid dienone is 3. The van der Waals surface area contributed by atoms with Crippen molar-refractivity contribution >= 4 is 18.0 Å². The van der Waals surface area contributed by atoms with Gasteiger partial charge in [-0.15, -0.1) is 0 Å². The highest BCUT2D eigenvalue weighted by atomic mass is 16.7. The van der Waals surface area contributed by atoms with Crippen molar-refractivity contribution in [3.63, 3.8) is 0 Å². The first-order valence-corrected chi connectivity index (χ1v) is 11.7. The molecular weight excluding hydrogens is 426 g/mol. The molecule has 0 aromatic heterocycles. The van der Waals surface area contributed by atoms with Crippen LogP contribution >= 0.6 is 0 Å². The Bertz CT molecular complexity index is 856. The monoisotopic (exact) mass is 459 g/mol. The molecule has 1 atom stereocenters. The smallest absolute Gasteiger partial charge is 0.433 e. The fourth-order valence-electron chi connectivity index (χ4n) is 5.07. The maximum Gasteiger partial charge on any atom is 0.510 e. The third-order valence-corrected chi connectivity index (χ3v) is 7.00. The molecule has 180 valence electrons. The zero-order valence-corrected chi connectivity index (χ0v) is 19.3. The van der Waals surface area contributed by atoms with E-state index in [0.717, 1.165) is 30.8 Å². The van der Waals surface area contributed by atoms with E-state index in [2.05, 4.69) is 22.5 Å². The van der Waals surface area contributed by atoms with Crippen molar-refractivity contribution in [2.45, 2.75) is 44.2 Å². The largest absolute Gasteiger partial charge is 0.510 e. The minimum Gasteiger partial charge on any atom is -0.433 e. The Labute approximate surface area is 194 Å². The second-order valence-corrected chi connectivity index (χ2v) is 8.83. The lowest BCUT2D eigenvalue weighted by Crippen LogP contribution is -2.57. The van der Waals surface area contributed by atoms with Crippen LogP contribution in [0.1, 0.15) is 32.6 Å². The molecule has 4 fully saturated rings. The zero-order valence-electron chi connectivity index (χ0n) is 19.3. The summed E-state index contributed by atoms with van der Waals surface area (Å²) >= 11 is 0. The van der Waals surface area contributed by atoms with Crippen LogP contribution in [0, 0.1) is 0 Å². The fraction of sp³-hybridized carbons (Fsp3) is 0.625. The molecule has 2 amide bonds. The zero-order chi connectivity index (χ0) is 23.4. The van der Waals surface area contributed by atoms with Gasteiger partial charge in [0.2, 0.25) is 11.8 Å². The van der Waals surface area contributed by atoms with E-state index in [1.165, 1.54) is 11.1 Å². The summed E-state index contributed by atoms with van der Waals surface area (Å²) in [4.78, 5) is 43.2. The summed E-state index contributed by atoms with van der Waals surface area (Å²) in [7, 11) is 0. The Kier molecular flexibility index (Phi) is 7.31. The summed E-state index contributed by atoms with van der Waals surface area (Å²) in [5.41, 5.74) is 2.27. The minimum atomic E-state index is -0.877. The van der Waals surface area contributed by atoms with E-state index in [4.69, 9.17) is 14.2 Å². The predicted molar refractivity (Wildman–Crippen MR) is 120 cm³/mol. The van der Waals surface area contributed by atoms with Crippen molar-refractivity contribution in [3.05, 3.63) is 36.0 Å². The molecule has 0 bridgehead atoms. The molecule has 4 rings (SSSR count). The Morgan fingerprint density at radius 3 is 2.67 bits per heavy atom. The molecule has 3 heterocycles. The highest BCUT2D eigenvalue weighted by molar-refractivity contribution is 6.00. The second kappa shape index (κ2) is 10.2. The molecule has 0 N–H and O–H groups in total. The average molecular weight is 460 g/mol. The molecule has 1 saturated carbocycles. The lowest BCUT2D eigenvalue weighted by molar-refractivity contribution is -0.158. The number of imide groups is 1. The lowest BCUT2D eigenvalue weighted by Gasteiger charge is -2.38. The van der Waals surface area contributed by atoms with Crippen molar-refractivity contribution in [2.75, 3.05) is 52.7 Å². The molecule has 1 unspecified atom stereocenters. The quantitative estimate of drug-likeness (QED) is 0.421. The summed E-state index contributed by atoms with van der Waals surface area (Å²) in [5, 5.41) is 0. The number of piperidine rings is 1. The number of ether oxygens (including phenoxy) is 3. The van der Waals surface area contributed by atoms with E-state index in [1.807, 2.05) is 13.0 Å². The second-order valence-electron chi connectivity index (χ2n) is 8.83. The van der Waals surface area contributed by atoms with Crippen LogP contribution in [0.25, 0.3) is 0 Å². The first kappa shape index (κ1) is 23.7. The van der Waals surface area contributed by atoms with Gasteiger partial charge in [0, 0.05) is 38.1 Å². The van der Waals surface area contributed by atoms with Gasteiger partial charge in [0.1, 0.15) is 6.61 Å². The Hall–Kier alpha value is -2.49. The number of morpholine rings is 1. The van der Waals surface area contributed by atoms with E-state index in [0.29, 0.717) is 32.7 Å². The van der Waals surface area contributed by atoms with Crippen molar-refractivity contribution in [1.29, 1.82) is 0 Å². The van der Waals surface area contributed by atoms with Crippen molar-refractivity contribution in [1.82, 2.24) is 14.7 Å². The number of nitrogens with zero attached hydrogens (tertiary/aromatic N) is 3. The molecule has 4 aliphatic rings. The topological polar surface area (TPSA) is 88.6 Å². The molecule has 0 aromatic rings. The van der Waals surface area contributed by atoms with Crippen LogP contribution < -0.4 is 0 Å². The van der Waals surface area contributed by atoms with Gasteiger partial charge in [-0.2, -0.15) is 0 Å². The molecule has 3 saturated heterocycles. The van der Waals surface area contributed by atoms with E-state index in [1.54, 1.807) is 6.08 Å². The van der Waals surface area contributed by atoms with Gasteiger partial charge >= 0.3 is 6.16 Å². The Balaban J connectivity index is 1.33. The summed E-state index contributed by atoms with van der Waals surface area (Å²) in [6, 6.07) is -0.420. The number of amides is 2. The number of hydrogen-bond donors (Lipinski definition) is 0. The maximum atomic E-state index is 13.3. The Morgan fingerprint density at radius 1 is 1.24 bits per heavy atom. The van der Waals surface area contributed by atoms with Crippen LogP contribution in [0.15, 0.2) is 36.0 Å². The summed E-state index contributed by atoms with van der Waals surface area (Å²) in [6.07, 6.45) is 7.71. The van der Waals surface area contributed by atoms with Crippen molar-refractivity contribution in [3.8, 4) is 0 Å². The third kappa shape index (κ3) is 4.90. The van der Waals surface area contributed by atoms with Gasteiger partial charge < -0.3 is 14.2 Å². The Morgan fingerprint density at radius 2 is 2.00 bits per heavy atom. The lowest BCUT2D eigenvalue weighted by atomic mass is 9.98. The van der Waals surface area contributed by atoms with Crippen LogP contribution in [0.4, 0.5) is 4.79 Å². The first-order valence-electron chi connectivity index (χ1n) is 11.7. The van der Waals surface area contributed by atoms with Crippen molar-refractivity contribution in [2.24, 2.45) is 0 Å². The molecule has 33 heavy (non-hydrogen) atoms. The molecule has 1 aliphatic carbocycles. The first-order chi connectivity index (χ1) is 16.0. The van der Waals surface area contributed by atoms with Gasteiger partial charge in [-0.1, -0.05) is 24.8 Å². The standard InChI is InChI=1S/C24H33N3O6/c1-3-5-19-18(4-2)16-27(24(19)8-9-24)20-6-7-21(28)26(22(20)29)17-33-23(30)32-15-12-25-10-13-31-14-11-25/h3-5,20H,1,6-17H2,2H3/b18-4-,19-5+. The fourth-order valence-corrected chi connectivity index (χ4v) is 5.07. The van der Waals surface area contributed by atoms with E-state index in [9.17, 15) is 14.4 Å². The maximum absolute atomic E-state index is 13.3. The van der Waals surface area contributed by atoms with Crippen LogP contribution in [-0.4, -0.2) is 97.0 Å². The molecule has 1 spiro atoms. The third-order valence-electron chi connectivity index (χ3n) is 7.00.